The number of benzene rings is 2. The lowest BCUT2D eigenvalue weighted by atomic mass is 10.1. The molecule has 0 atom stereocenters. The van der Waals surface area contributed by atoms with E-state index in [1.165, 1.54) is 11.3 Å². The number of thiophene rings is 1. The van der Waals surface area contributed by atoms with E-state index in [2.05, 4.69) is 10.6 Å². The van der Waals surface area contributed by atoms with Gasteiger partial charge in [-0.1, -0.05) is 37.3 Å². The molecule has 2 aromatic carbocycles. The zero-order valence-corrected chi connectivity index (χ0v) is 15.8. The van der Waals surface area contributed by atoms with Crippen LogP contribution >= 0.6 is 11.3 Å². The zero-order valence-electron chi connectivity index (χ0n) is 15.0. The Labute approximate surface area is 157 Å². The second-order valence-electron chi connectivity index (χ2n) is 6.23. The molecule has 0 bridgehead atoms. The SMILES string of the molecule is CCCC(=O)Nc1ccc(CNC(=O)c2sc3ccccc3c2C)cc1. The number of nitrogens with one attached hydrogen (secondary N) is 2. The summed E-state index contributed by atoms with van der Waals surface area (Å²) in [6, 6.07) is 15.6. The predicted octanol–water partition coefficient (Wildman–Crippen LogP) is 4.88. The van der Waals surface area contributed by atoms with E-state index in [0.717, 1.165) is 38.2 Å². The first kappa shape index (κ1) is 18.1. The highest BCUT2D eigenvalue weighted by molar-refractivity contribution is 7.21. The van der Waals surface area contributed by atoms with Gasteiger partial charge in [-0.15, -0.1) is 11.3 Å². The normalized spacial score (nSPS) is 10.7. The molecule has 26 heavy (non-hydrogen) atoms. The van der Waals surface area contributed by atoms with Crippen molar-refractivity contribution in [1.29, 1.82) is 0 Å². The Kier molecular flexibility index (Phi) is 5.68. The van der Waals surface area contributed by atoms with E-state index in [1.807, 2.05) is 62.4 Å². The zero-order chi connectivity index (χ0) is 18.5. The van der Waals surface area contributed by atoms with Crippen LogP contribution in [0.2, 0.25) is 0 Å². The fourth-order valence-corrected chi connectivity index (χ4v) is 3.94. The molecule has 0 fully saturated rings. The topological polar surface area (TPSA) is 58.2 Å². The Morgan fingerprint density at radius 1 is 1.04 bits per heavy atom. The molecule has 0 aliphatic heterocycles. The van der Waals surface area contributed by atoms with Crippen LogP contribution in [0.3, 0.4) is 0 Å². The first-order valence-corrected chi connectivity index (χ1v) is 9.55. The summed E-state index contributed by atoms with van der Waals surface area (Å²) < 4.78 is 1.13. The Morgan fingerprint density at radius 3 is 2.46 bits per heavy atom. The fraction of sp³-hybridized carbons (Fsp3) is 0.238. The van der Waals surface area contributed by atoms with Crippen LogP contribution in [0.25, 0.3) is 10.1 Å². The van der Waals surface area contributed by atoms with Crippen LogP contribution in [0, 0.1) is 6.92 Å². The summed E-state index contributed by atoms with van der Waals surface area (Å²) in [5.41, 5.74) is 2.79. The molecular formula is C21H22N2O2S. The fourth-order valence-electron chi connectivity index (χ4n) is 2.81. The first-order valence-electron chi connectivity index (χ1n) is 8.73. The molecule has 0 aliphatic rings. The van der Waals surface area contributed by atoms with Crippen LogP contribution < -0.4 is 10.6 Å². The number of hydrogen-bond acceptors (Lipinski definition) is 3. The number of anilines is 1. The molecule has 0 aliphatic carbocycles. The molecule has 5 heteroatoms. The molecule has 3 aromatic rings. The molecule has 1 heterocycles. The maximum absolute atomic E-state index is 12.5. The van der Waals surface area contributed by atoms with Gasteiger partial charge in [-0.25, -0.2) is 0 Å². The molecular weight excluding hydrogens is 344 g/mol. The van der Waals surface area contributed by atoms with Crippen LogP contribution in [0.15, 0.2) is 48.5 Å². The molecule has 2 amide bonds. The third-order valence-corrected chi connectivity index (χ3v) is 5.49. The van der Waals surface area contributed by atoms with Crippen molar-refractivity contribution >= 4 is 38.9 Å². The molecule has 0 saturated carbocycles. The van der Waals surface area contributed by atoms with Gasteiger partial charge in [0, 0.05) is 23.4 Å². The van der Waals surface area contributed by atoms with Crippen LogP contribution in [0.4, 0.5) is 5.69 Å². The van der Waals surface area contributed by atoms with Crippen molar-refractivity contribution in [2.75, 3.05) is 5.32 Å². The second-order valence-corrected chi connectivity index (χ2v) is 7.28. The molecule has 4 nitrogen and oxygen atoms in total. The summed E-state index contributed by atoms with van der Waals surface area (Å²) in [5, 5.41) is 6.97. The molecule has 134 valence electrons. The van der Waals surface area contributed by atoms with Crippen LogP contribution in [-0.4, -0.2) is 11.8 Å². The van der Waals surface area contributed by atoms with Gasteiger partial charge < -0.3 is 10.6 Å². The number of amides is 2. The van der Waals surface area contributed by atoms with Crippen LogP contribution in [-0.2, 0) is 11.3 Å². The Hall–Kier alpha value is -2.66. The van der Waals surface area contributed by atoms with E-state index >= 15 is 0 Å². The van der Waals surface area contributed by atoms with E-state index in [-0.39, 0.29) is 11.8 Å². The number of fused-ring (bicyclic) bond motifs is 1. The van der Waals surface area contributed by atoms with Gasteiger partial charge >= 0.3 is 0 Å². The summed E-state index contributed by atoms with van der Waals surface area (Å²) in [4.78, 5) is 24.9. The molecule has 0 spiro atoms. The molecule has 0 unspecified atom stereocenters. The van der Waals surface area contributed by atoms with Crippen molar-refractivity contribution in [3.05, 3.63) is 64.5 Å². The van der Waals surface area contributed by atoms with Crippen molar-refractivity contribution in [2.24, 2.45) is 0 Å². The van der Waals surface area contributed by atoms with Gasteiger partial charge in [-0.2, -0.15) is 0 Å². The highest BCUT2D eigenvalue weighted by atomic mass is 32.1. The molecule has 2 N–H and O–H groups in total. The van der Waals surface area contributed by atoms with E-state index in [4.69, 9.17) is 0 Å². The summed E-state index contributed by atoms with van der Waals surface area (Å²) >= 11 is 1.52. The molecule has 3 rings (SSSR count). The standard InChI is InChI=1S/C21H22N2O2S/c1-3-6-19(24)23-16-11-9-15(10-12-16)13-22-21(25)20-14(2)17-7-4-5-8-18(17)26-20/h4-5,7-12H,3,6,13H2,1-2H3,(H,22,25)(H,23,24). The Morgan fingerprint density at radius 2 is 1.77 bits per heavy atom. The number of carbonyl (C=O) groups excluding carboxylic acids is 2. The first-order chi connectivity index (χ1) is 12.6. The Bertz CT molecular complexity index is 929. The predicted molar refractivity (Wildman–Crippen MR) is 108 cm³/mol. The number of carbonyl (C=O) groups is 2. The number of rotatable bonds is 6. The van der Waals surface area contributed by atoms with E-state index in [0.29, 0.717) is 13.0 Å². The van der Waals surface area contributed by atoms with Crippen LogP contribution in [0.5, 0.6) is 0 Å². The summed E-state index contributed by atoms with van der Waals surface area (Å²) in [6.07, 6.45) is 1.35. The smallest absolute Gasteiger partial charge is 0.261 e. The van der Waals surface area contributed by atoms with E-state index in [1.54, 1.807) is 0 Å². The van der Waals surface area contributed by atoms with Crippen molar-refractivity contribution in [3.8, 4) is 0 Å². The molecule has 0 saturated heterocycles. The van der Waals surface area contributed by atoms with Crippen molar-refractivity contribution in [1.82, 2.24) is 5.32 Å². The largest absolute Gasteiger partial charge is 0.347 e. The minimum atomic E-state index is -0.0518. The summed E-state index contributed by atoms with van der Waals surface area (Å²) in [6.45, 7) is 4.42. The lowest BCUT2D eigenvalue weighted by molar-refractivity contribution is -0.116. The van der Waals surface area contributed by atoms with Gasteiger partial charge in [0.25, 0.3) is 5.91 Å². The van der Waals surface area contributed by atoms with E-state index < -0.39 is 0 Å². The Balaban J connectivity index is 1.62. The quantitative estimate of drug-likeness (QED) is 0.653. The maximum atomic E-state index is 12.5. The molecule has 1 aromatic heterocycles. The third kappa shape index (κ3) is 4.11. The van der Waals surface area contributed by atoms with Gasteiger partial charge in [0.2, 0.25) is 5.91 Å². The minimum Gasteiger partial charge on any atom is -0.347 e. The lowest BCUT2D eigenvalue weighted by Gasteiger charge is -2.07. The molecule has 0 radical (unpaired) electrons. The number of hydrogen-bond donors (Lipinski definition) is 2. The number of aryl methyl sites for hydroxylation is 1. The summed E-state index contributed by atoms with van der Waals surface area (Å²) in [5.74, 6) is -0.0298. The second kappa shape index (κ2) is 8.15. The van der Waals surface area contributed by atoms with Gasteiger partial charge in [0.15, 0.2) is 0 Å². The van der Waals surface area contributed by atoms with Crippen molar-refractivity contribution in [2.45, 2.75) is 33.2 Å². The van der Waals surface area contributed by atoms with Crippen molar-refractivity contribution in [3.63, 3.8) is 0 Å². The monoisotopic (exact) mass is 366 g/mol. The average molecular weight is 366 g/mol. The van der Waals surface area contributed by atoms with Gasteiger partial charge in [0.1, 0.15) is 0 Å². The average Bonchev–Trinajstić information content (AvgIpc) is 2.98. The highest BCUT2D eigenvalue weighted by Gasteiger charge is 2.14. The maximum Gasteiger partial charge on any atom is 0.261 e. The van der Waals surface area contributed by atoms with Crippen LogP contribution in [0.1, 0.15) is 40.6 Å². The summed E-state index contributed by atoms with van der Waals surface area (Å²) in [7, 11) is 0. The van der Waals surface area contributed by atoms with Crippen molar-refractivity contribution < 1.29 is 9.59 Å². The lowest BCUT2D eigenvalue weighted by Crippen LogP contribution is -2.22. The highest BCUT2D eigenvalue weighted by Crippen LogP contribution is 2.30. The van der Waals surface area contributed by atoms with Gasteiger partial charge in [0.05, 0.1) is 4.88 Å². The third-order valence-electron chi connectivity index (χ3n) is 4.22. The van der Waals surface area contributed by atoms with E-state index in [9.17, 15) is 9.59 Å². The van der Waals surface area contributed by atoms with Gasteiger partial charge in [-0.05, 0) is 48.1 Å². The minimum absolute atomic E-state index is 0.0220. The van der Waals surface area contributed by atoms with Gasteiger partial charge in [-0.3, -0.25) is 9.59 Å².